The highest BCUT2D eigenvalue weighted by molar-refractivity contribution is 5.99. The number of carbonyl (C=O) groups excluding carboxylic acids is 3. The van der Waals surface area contributed by atoms with Gasteiger partial charge in [0.2, 0.25) is 5.91 Å². The molecule has 0 aliphatic carbocycles. The maximum Gasteiger partial charge on any atom is 0.312 e. The van der Waals surface area contributed by atoms with Crippen molar-refractivity contribution >= 4 is 23.5 Å². The first-order valence-electron chi connectivity index (χ1n) is 10.5. The molecule has 2 amide bonds. The molecule has 0 spiro atoms. The number of hydrogen-bond donors (Lipinski definition) is 0. The predicted octanol–water partition coefficient (Wildman–Crippen LogP) is 2.01. The highest BCUT2D eigenvalue weighted by Gasteiger charge is 2.38. The van der Waals surface area contributed by atoms with E-state index in [1.165, 1.54) is 0 Å². The Morgan fingerprint density at radius 1 is 1.13 bits per heavy atom. The average molecular weight is 418 g/mol. The zero-order valence-corrected chi connectivity index (χ0v) is 18.0. The molecule has 2 fully saturated rings. The molecule has 8 heteroatoms. The van der Waals surface area contributed by atoms with Gasteiger partial charge in [-0.1, -0.05) is 0 Å². The van der Waals surface area contributed by atoms with Crippen molar-refractivity contribution in [3.05, 3.63) is 24.3 Å². The molecule has 2 aliphatic heterocycles. The lowest BCUT2D eigenvalue weighted by molar-refractivity contribution is -0.166. The number of ether oxygens (including phenoxy) is 3. The third-order valence-corrected chi connectivity index (χ3v) is 5.29. The molecule has 0 radical (unpaired) electrons. The fraction of sp³-hybridized carbons (Fsp3) is 0.591. The Balaban J connectivity index is 1.56. The quantitative estimate of drug-likeness (QED) is 0.657. The zero-order chi connectivity index (χ0) is 21.8. The van der Waals surface area contributed by atoms with E-state index < -0.39 is 18.0 Å². The number of esters is 1. The molecule has 0 saturated carbocycles. The van der Waals surface area contributed by atoms with Gasteiger partial charge in [-0.3, -0.25) is 14.4 Å². The van der Waals surface area contributed by atoms with Gasteiger partial charge < -0.3 is 24.0 Å². The van der Waals surface area contributed by atoms with Gasteiger partial charge in [-0.25, -0.2) is 0 Å². The smallest absolute Gasteiger partial charge is 0.312 e. The summed E-state index contributed by atoms with van der Waals surface area (Å²) in [6.07, 6.45) is -0.949. The molecule has 0 unspecified atom stereocenters. The second-order valence-corrected chi connectivity index (χ2v) is 7.91. The van der Waals surface area contributed by atoms with Crippen molar-refractivity contribution in [3.63, 3.8) is 0 Å². The van der Waals surface area contributed by atoms with Gasteiger partial charge in [0, 0.05) is 31.7 Å². The van der Waals surface area contributed by atoms with Crippen molar-refractivity contribution in [2.45, 2.75) is 52.4 Å². The lowest BCUT2D eigenvalue weighted by Gasteiger charge is -2.36. The number of hydrogen-bond acceptors (Lipinski definition) is 6. The molecular formula is C22H30N2O6. The van der Waals surface area contributed by atoms with E-state index in [0.717, 1.165) is 5.75 Å². The summed E-state index contributed by atoms with van der Waals surface area (Å²) in [7, 11) is 0. The minimum atomic E-state index is -0.898. The van der Waals surface area contributed by atoms with Gasteiger partial charge >= 0.3 is 5.97 Å². The molecule has 1 aromatic carbocycles. The minimum Gasteiger partial charge on any atom is -0.494 e. The van der Waals surface area contributed by atoms with Gasteiger partial charge in [-0.15, -0.1) is 0 Å². The third kappa shape index (κ3) is 5.11. The third-order valence-electron chi connectivity index (χ3n) is 5.29. The summed E-state index contributed by atoms with van der Waals surface area (Å²) in [5, 5.41) is 0. The van der Waals surface area contributed by atoms with E-state index in [2.05, 4.69) is 0 Å². The van der Waals surface area contributed by atoms with Gasteiger partial charge in [-0.05, 0) is 52.0 Å². The molecule has 2 aliphatic rings. The number of amides is 2. The van der Waals surface area contributed by atoms with Crippen LogP contribution in [0, 0.1) is 5.92 Å². The largest absolute Gasteiger partial charge is 0.494 e. The molecule has 0 bridgehead atoms. The van der Waals surface area contributed by atoms with Crippen molar-refractivity contribution in [2.75, 3.05) is 31.1 Å². The van der Waals surface area contributed by atoms with Crippen LogP contribution in [0.5, 0.6) is 5.75 Å². The second-order valence-electron chi connectivity index (χ2n) is 7.91. The average Bonchev–Trinajstić information content (AvgIpc) is 3.09. The van der Waals surface area contributed by atoms with E-state index in [0.29, 0.717) is 25.4 Å². The highest BCUT2D eigenvalue weighted by atomic mass is 16.5. The SMILES string of the molecule is CCOc1ccc(N2C[C@H](C(=O)O[C@H](C)C(=O)N3C[C@H](C)O[C@@H](C)C3)CC2=O)cc1. The van der Waals surface area contributed by atoms with Gasteiger partial charge in [0.25, 0.3) is 5.91 Å². The lowest BCUT2D eigenvalue weighted by atomic mass is 10.1. The van der Waals surface area contributed by atoms with E-state index in [1.807, 2.05) is 20.8 Å². The van der Waals surface area contributed by atoms with E-state index in [9.17, 15) is 14.4 Å². The number of nitrogens with zero attached hydrogens (tertiary/aromatic N) is 2. The van der Waals surface area contributed by atoms with E-state index in [1.54, 1.807) is 41.0 Å². The van der Waals surface area contributed by atoms with E-state index >= 15 is 0 Å². The van der Waals surface area contributed by atoms with E-state index in [-0.39, 0.29) is 37.0 Å². The minimum absolute atomic E-state index is 0.0595. The van der Waals surface area contributed by atoms with Crippen molar-refractivity contribution in [1.82, 2.24) is 4.90 Å². The van der Waals surface area contributed by atoms with Gasteiger partial charge in [0.05, 0.1) is 24.7 Å². The zero-order valence-electron chi connectivity index (χ0n) is 18.0. The predicted molar refractivity (Wildman–Crippen MR) is 110 cm³/mol. The molecule has 30 heavy (non-hydrogen) atoms. The molecule has 8 nitrogen and oxygen atoms in total. The molecule has 3 rings (SSSR count). The van der Waals surface area contributed by atoms with Crippen LogP contribution in [-0.4, -0.2) is 67.2 Å². The summed E-state index contributed by atoms with van der Waals surface area (Å²) in [5.41, 5.74) is 0.708. The van der Waals surface area contributed by atoms with Crippen molar-refractivity contribution in [2.24, 2.45) is 5.92 Å². The number of carbonyl (C=O) groups is 3. The summed E-state index contributed by atoms with van der Waals surface area (Å²) < 4.78 is 16.5. The first-order valence-corrected chi connectivity index (χ1v) is 10.5. The van der Waals surface area contributed by atoms with Crippen molar-refractivity contribution < 1.29 is 28.6 Å². The van der Waals surface area contributed by atoms with Crippen molar-refractivity contribution in [1.29, 1.82) is 0 Å². The van der Waals surface area contributed by atoms with E-state index in [4.69, 9.17) is 14.2 Å². The molecule has 1 aromatic rings. The van der Waals surface area contributed by atoms with Gasteiger partial charge in [0.1, 0.15) is 5.75 Å². The first-order chi connectivity index (χ1) is 14.3. The number of rotatable bonds is 6. The topological polar surface area (TPSA) is 85.4 Å². The summed E-state index contributed by atoms with van der Waals surface area (Å²) in [6.45, 7) is 9.04. The molecular weight excluding hydrogens is 388 g/mol. The Morgan fingerprint density at radius 3 is 2.37 bits per heavy atom. The van der Waals surface area contributed by atoms with Crippen LogP contribution in [0.2, 0.25) is 0 Å². The molecule has 4 atom stereocenters. The summed E-state index contributed by atoms with van der Waals surface area (Å²) in [4.78, 5) is 41.0. The highest BCUT2D eigenvalue weighted by Crippen LogP contribution is 2.28. The Morgan fingerprint density at radius 2 is 1.77 bits per heavy atom. The fourth-order valence-corrected chi connectivity index (χ4v) is 3.94. The lowest BCUT2D eigenvalue weighted by Crippen LogP contribution is -2.51. The number of morpholine rings is 1. The van der Waals surface area contributed by atoms with Crippen LogP contribution in [0.3, 0.4) is 0 Å². The molecule has 0 N–H and O–H groups in total. The maximum absolute atomic E-state index is 12.7. The number of benzene rings is 1. The Bertz CT molecular complexity index is 770. The van der Waals surface area contributed by atoms with Crippen LogP contribution in [0.1, 0.15) is 34.1 Å². The van der Waals surface area contributed by atoms with Gasteiger partial charge in [0.15, 0.2) is 6.10 Å². The van der Waals surface area contributed by atoms with Crippen LogP contribution in [0.15, 0.2) is 24.3 Å². The second kappa shape index (κ2) is 9.47. The summed E-state index contributed by atoms with van der Waals surface area (Å²) in [5.74, 6) is -0.772. The fourth-order valence-electron chi connectivity index (χ4n) is 3.94. The molecule has 2 saturated heterocycles. The van der Waals surface area contributed by atoms with Crippen LogP contribution in [0.25, 0.3) is 0 Å². The Kier molecular flexibility index (Phi) is 6.97. The van der Waals surface area contributed by atoms with Crippen LogP contribution in [0.4, 0.5) is 5.69 Å². The summed E-state index contributed by atoms with van der Waals surface area (Å²) in [6, 6.07) is 7.18. The number of anilines is 1. The Hall–Kier alpha value is -2.61. The van der Waals surface area contributed by atoms with Crippen LogP contribution >= 0.6 is 0 Å². The summed E-state index contributed by atoms with van der Waals surface area (Å²) >= 11 is 0. The first kappa shape index (κ1) is 22.1. The normalized spacial score (nSPS) is 25.2. The Labute approximate surface area is 177 Å². The molecule has 164 valence electrons. The molecule has 2 heterocycles. The standard InChI is InChI=1S/C22H30N2O6/c1-5-28-19-8-6-18(7-9-19)24-13-17(10-20(24)25)22(27)30-16(4)21(26)23-11-14(2)29-15(3)12-23/h6-9,14-17H,5,10-13H2,1-4H3/t14-,15-,16+,17+/m0/s1. The monoisotopic (exact) mass is 418 g/mol. The van der Waals surface area contributed by atoms with Crippen LogP contribution in [-0.2, 0) is 23.9 Å². The molecule has 0 aromatic heterocycles. The van der Waals surface area contributed by atoms with Crippen LogP contribution < -0.4 is 9.64 Å². The van der Waals surface area contributed by atoms with Gasteiger partial charge in [-0.2, -0.15) is 0 Å². The maximum atomic E-state index is 12.7. The van der Waals surface area contributed by atoms with Crippen molar-refractivity contribution in [3.8, 4) is 5.75 Å².